The number of anilines is 1. The van der Waals surface area contributed by atoms with E-state index in [-0.39, 0.29) is 5.82 Å². The van der Waals surface area contributed by atoms with Crippen molar-refractivity contribution in [2.45, 2.75) is 59.7 Å². The lowest BCUT2D eigenvalue weighted by Crippen LogP contribution is -2.44. The number of fused-ring (bicyclic) bond motifs is 1. The van der Waals surface area contributed by atoms with Gasteiger partial charge in [-0.05, 0) is 77.6 Å². The van der Waals surface area contributed by atoms with Crippen molar-refractivity contribution in [3.63, 3.8) is 0 Å². The molecule has 1 aromatic carbocycles. The van der Waals surface area contributed by atoms with Crippen LogP contribution in [-0.2, 0) is 9.47 Å². The first-order valence-corrected chi connectivity index (χ1v) is 9.38. The lowest BCUT2D eigenvalue weighted by atomic mass is 10.1. The number of hydrogen-bond donors (Lipinski definition) is 0. The number of imide groups is 1. The molecule has 0 bridgehead atoms. The van der Waals surface area contributed by atoms with Crippen molar-refractivity contribution in [2.24, 2.45) is 0 Å². The number of hydrogen-bond acceptors (Lipinski definition) is 5. The minimum absolute atomic E-state index is 0.141. The van der Waals surface area contributed by atoms with E-state index in [0.29, 0.717) is 0 Å². The normalized spacial score (nSPS) is 12.0. The molecule has 0 fully saturated rings. The Labute approximate surface area is 168 Å². The highest BCUT2D eigenvalue weighted by molar-refractivity contribution is 9.10. The molecular weight excluding hydrogens is 412 g/mol. The zero-order valence-corrected chi connectivity index (χ0v) is 18.3. The highest BCUT2D eigenvalue weighted by Crippen LogP contribution is 2.27. The summed E-state index contributed by atoms with van der Waals surface area (Å²) < 4.78 is 11.7. The number of halogens is 1. The lowest BCUT2D eigenvalue weighted by Gasteiger charge is -2.28. The lowest BCUT2D eigenvalue weighted by molar-refractivity contribution is 0.0429. The quantitative estimate of drug-likeness (QED) is 0.549. The van der Waals surface area contributed by atoms with E-state index in [2.05, 4.69) is 20.9 Å². The van der Waals surface area contributed by atoms with Crippen LogP contribution in [0, 0.1) is 6.92 Å². The fourth-order valence-electron chi connectivity index (χ4n) is 2.27. The van der Waals surface area contributed by atoms with Gasteiger partial charge in [0.25, 0.3) is 0 Å². The van der Waals surface area contributed by atoms with Gasteiger partial charge in [0.05, 0.1) is 0 Å². The summed E-state index contributed by atoms with van der Waals surface area (Å²) in [6.07, 6.45) is -0.0594. The Morgan fingerprint density at radius 1 is 0.926 bits per heavy atom. The first-order chi connectivity index (χ1) is 12.3. The van der Waals surface area contributed by atoms with Crippen molar-refractivity contribution in [2.75, 3.05) is 4.90 Å². The highest BCUT2D eigenvalue weighted by Gasteiger charge is 2.33. The van der Waals surface area contributed by atoms with Crippen LogP contribution in [0.4, 0.5) is 15.4 Å². The van der Waals surface area contributed by atoms with Gasteiger partial charge in [-0.3, -0.25) is 0 Å². The van der Waals surface area contributed by atoms with Crippen LogP contribution >= 0.6 is 15.9 Å². The topological polar surface area (TPSA) is 68.7 Å². The Kier molecular flexibility index (Phi) is 5.85. The van der Waals surface area contributed by atoms with E-state index in [9.17, 15) is 9.59 Å². The number of aromatic nitrogens is 1. The Morgan fingerprint density at radius 2 is 1.44 bits per heavy atom. The summed E-state index contributed by atoms with van der Waals surface area (Å²) in [6.45, 7) is 12.3. The number of pyridine rings is 1. The number of carbonyl (C=O) groups is 2. The predicted molar refractivity (Wildman–Crippen MR) is 109 cm³/mol. The molecule has 0 saturated carbocycles. The fourth-order valence-corrected chi connectivity index (χ4v) is 2.63. The van der Waals surface area contributed by atoms with Crippen LogP contribution in [0.5, 0.6) is 0 Å². The highest BCUT2D eigenvalue weighted by atomic mass is 79.9. The van der Waals surface area contributed by atoms with E-state index >= 15 is 0 Å². The van der Waals surface area contributed by atoms with E-state index in [4.69, 9.17) is 9.47 Å². The number of benzene rings is 1. The van der Waals surface area contributed by atoms with Gasteiger partial charge in [-0.2, -0.15) is 4.90 Å². The molecule has 1 heterocycles. The van der Waals surface area contributed by atoms with Crippen molar-refractivity contribution in [3.8, 4) is 0 Å². The summed E-state index contributed by atoms with van der Waals surface area (Å²) in [6, 6.07) is 5.55. The average Bonchev–Trinajstić information content (AvgIpc) is 2.45. The summed E-state index contributed by atoms with van der Waals surface area (Å²) >= 11 is 3.50. The number of rotatable bonds is 1. The maximum absolute atomic E-state index is 12.7. The maximum Gasteiger partial charge on any atom is 0.425 e. The zero-order valence-electron chi connectivity index (χ0n) is 16.7. The monoisotopic (exact) mass is 436 g/mol. The molecule has 0 aliphatic rings. The molecule has 0 spiro atoms. The molecule has 7 heteroatoms. The van der Waals surface area contributed by atoms with Gasteiger partial charge in [0.2, 0.25) is 0 Å². The summed E-state index contributed by atoms with van der Waals surface area (Å²) in [5.41, 5.74) is -0.476. The van der Waals surface area contributed by atoms with Crippen LogP contribution in [0.3, 0.4) is 0 Å². The first-order valence-electron chi connectivity index (χ1n) is 8.59. The molecule has 1 aromatic heterocycles. The van der Waals surface area contributed by atoms with Gasteiger partial charge in [-0.1, -0.05) is 15.9 Å². The SMILES string of the molecule is Cc1cc2cnc(N(C(=O)OC(C)(C)C)C(=O)OC(C)(C)C)cc2cc1Br. The van der Waals surface area contributed by atoms with Gasteiger partial charge >= 0.3 is 12.2 Å². The molecule has 0 radical (unpaired) electrons. The number of carbonyl (C=O) groups excluding carboxylic acids is 2. The van der Waals surface area contributed by atoms with Crippen molar-refractivity contribution in [3.05, 3.63) is 34.4 Å². The molecule has 146 valence electrons. The van der Waals surface area contributed by atoms with Gasteiger partial charge < -0.3 is 9.47 Å². The van der Waals surface area contributed by atoms with Crippen LogP contribution in [0.25, 0.3) is 10.8 Å². The van der Waals surface area contributed by atoms with Crippen molar-refractivity contribution in [1.82, 2.24) is 4.98 Å². The van der Waals surface area contributed by atoms with E-state index in [1.165, 1.54) is 0 Å². The van der Waals surface area contributed by atoms with Crippen LogP contribution in [-0.4, -0.2) is 28.4 Å². The van der Waals surface area contributed by atoms with Gasteiger partial charge in [0.1, 0.15) is 17.0 Å². The molecule has 0 aliphatic heterocycles. The Balaban J connectivity index is 2.51. The number of nitrogens with zero attached hydrogens (tertiary/aromatic N) is 2. The zero-order chi connectivity index (χ0) is 20.6. The maximum atomic E-state index is 12.7. The number of aryl methyl sites for hydroxylation is 1. The predicted octanol–water partition coefficient (Wildman–Crippen LogP) is 5.98. The number of amides is 2. The third-order valence-corrected chi connectivity index (χ3v) is 4.22. The van der Waals surface area contributed by atoms with Gasteiger partial charge in [-0.15, -0.1) is 0 Å². The molecule has 0 saturated heterocycles. The van der Waals surface area contributed by atoms with Crippen LogP contribution in [0.2, 0.25) is 0 Å². The van der Waals surface area contributed by atoms with Gasteiger partial charge in [-0.25, -0.2) is 14.6 Å². The summed E-state index contributed by atoms with van der Waals surface area (Å²) in [4.78, 5) is 30.5. The minimum atomic E-state index is -0.838. The fraction of sp³-hybridized carbons (Fsp3) is 0.450. The largest absolute Gasteiger partial charge is 0.443 e. The number of ether oxygens (including phenoxy) is 2. The standard InChI is InChI=1S/C20H25BrN2O4/c1-12-8-14-11-22-16(10-13(14)9-15(12)21)23(17(24)26-19(2,3)4)18(25)27-20(5,6)7/h8-11H,1-7H3. The van der Waals surface area contributed by atoms with Gasteiger partial charge in [0.15, 0.2) is 0 Å². The van der Waals surface area contributed by atoms with Crippen molar-refractivity contribution < 1.29 is 19.1 Å². The molecule has 2 rings (SSSR count). The van der Waals surface area contributed by atoms with Crippen LogP contribution in [0.1, 0.15) is 47.1 Å². The first kappa shape index (κ1) is 21.2. The smallest absolute Gasteiger partial charge is 0.425 e. The third-order valence-electron chi connectivity index (χ3n) is 3.37. The summed E-state index contributed by atoms with van der Waals surface area (Å²) in [7, 11) is 0. The van der Waals surface area contributed by atoms with Gasteiger partial charge in [0, 0.05) is 16.1 Å². The van der Waals surface area contributed by atoms with E-state index < -0.39 is 23.4 Å². The van der Waals surface area contributed by atoms with E-state index in [1.807, 2.05) is 19.1 Å². The second kappa shape index (κ2) is 7.46. The Bertz CT molecular complexity index is 854. The molecule has 0 aliphatic carbocycles. The Hall–Kier alpha value is -2.15. The van der Waals surface area contributed by atoms with E-state index in [1.54, 1.807) is 53.8 Å². The minimum Gasteiger partial charge on any atom is -0.443 e. The summed E-state index contributed by atoms with van der Waals surface area (Å²) in [5.74, 6) is 0.141. The molecule has 0 unspecified atom stereocenters. The van der Waals surface area contributed by atoms with Crippen molar-refractivity contribution in [1.29, 1.82) is 0 Å². The Morgan fingerprint density at radius 3 is 1.93 bits per heavy atom. The molecule has 6 nitrogen and oxygen atoms in total. The van der Waals surface area contributed by atoms with Crippen LogP contribution < -0.4 is 4.90 Å². The molecule has 27 heavy (non-hydrogen) atoms. The molecular formula is C20H25BrN2O4. The molecule has 0 atom stereocenters. The third kappa shape index (κ3) is 5.66. The second-order valence-electron chi connectivity index (χ2n) is 8.29. The van der Waals surface area contributed by atoms with Crippen molar-refractivity contribution >= 4 is 44.7 Å². The van der Waals surface area contributed by atoms with E-state index in [0.717, 1.165) is 25.7 Å². The molecule has 0 N–H and O–H groups in total. The summed E-state index contributed by atoms with van der Waals surface area (Å²) in [5, 5.41) is 1.72. The molecule has 2 aromatic rings. The average molecular weight is 437 g/mol. The van der Waals surface area contributed by atoms with Crippen LogP contribution in [0.15, 0.2) is 28.9 Å². The molecule has 2 amide bonds. The second-order valence-corrected chi connectivity index (χ2v) is 9.14.